The molecule has 3 aliphatic rings. The summed E-state index contributed by atoms with van der Waals surface area (Å²) >= 11 is 6.88. The average Bonchev–Trinajstić information content (AvgIpc) is 3.43. The maximum absolute atomic E-state index is 13.7. The minimum Gasteiger partial charge on any atom is -0.353 e. The van der Waals surface area contributed by atoms with E-state index < -0.39 is 0 Å². The van der Waals surface area contributed by atoms with Crippen molar-refractivity contribution in [1.29, 1.82) is 0 Å². The molecule has 2 aromatic rings. The number of rotatable bonds is 4. The molecule has 2 aromatic heterocycles. The number of thiocarbonyl (C=S) groups is 1. The Morgan fingerprint density at radius 1 is 1.15 bits per heavy atom. The minimum absolute atomic E-state index is 0.0765. The smallest absolute Gasteiger partial charge is 0.267 e. The van der Waals surface area contributed by atoms with Crippen LogP contribution in [0.25, 0.3) is 11.7 Å². The van der Waals surface area contributed by atoms with Gasteiger partial charge in [0.1, 0.15) is 15.8 Å². The number of hydrogen-bond donors (Lipinski definition) is 0. The normalized spacial score (nSPS) is 21.8. The number of nitrogens with zero attached hydrogens (tertiary/aromatic N) is 5. The van der Waals surface area contributed by atoms with Gasteiger partial charge < -0.3 is 9.80 Å². The summed E-state index contributed by atoms with van der Waals surface area (Å²) in [6, 6.07) is 4.03. The van der Waals surface area contributed by atoms with E-state index in [0.29, 0.717) is 26.3 Å². The van der Waals surface area contributed by atoms with E-state index >= 15 is 0 Å². The molecule has 7 nitrogen and oxygen atoms in total. The molecule has 9 heteroatoms. The third-order valence-electron chi connectivity index (χ3n) is 6.89. The second kappa shape index (κ2) is 9.19. The van der Waals surface area contributed by atoms with Crippen LogP contribution < -0.4 is 10.5 Å². The summed E-state index contributed by atoms with van der Waals surface area (Å²) in [5.74, 6) is 0.582. The molecule has 0 atom stereocenters. The Balaban J connectivity index is 1.59. The lowest BCUT2D eigenvalue weighted by Gasteiger charge is -2.35. The summed E-state index contributed by atoms with van der Waals surface area (Å²) in [5, 5.41) is 0. The first-order chi connectivity index (χ1) is 16.0. The van der Waals surface area contributed by atoms with Crippen LogP contribution in [0.1, 0.15) is 43.7 Å². The molecule has 5 rings (SSSR count). The summed E-state index contributed by atoms with van der Waals surface area (Å²) in [6.07, 6.45) is 7.79. The largest absolute Gasteiger partial charge is 0.353 e. The van der Waals surface area contributed by atoms with E-state index in [1.165, 1.54) is 11.8 Å². The second-order valence-electron chi connectivity index (χ2n) is 9.00. The number of likely N-dealkylation sites (N-methyl/N-ethyl adjacent to an activating group) is 1. The lowest BCUT2D eigenvalue weighted by Crippen LogP contribution is -2.47. The van der Waals surface area contributed by atoms with Crippen molar-refractivity contribution < 1.29 is 4.79 Å². The molecule has 0 bridgehead atoms. The highest BCUT2D eigenvalue weighted by molar-refractivity contribution is 8.26. The van der Waals surface area contributed by atoms with Crippen LogP contribution in [-0.2, 0) is 4.79 Å². The molecular formula is C24H29N5O2S2. The molecule has 0 aromatic carbocycles. The number of aromatic nitrogens is 2. The second-order valence-corrected chi connectivity index (χ2v) is 10.7. The number of aryl methyl sites for hydroxylation is 1. The summed E-state index contributed by atoms with van der Waals surface area (Å²) in [4.78, 5) is 38.7. The molecule has 0 N–H and O–H groups in total. The van der Waals surface area contributed by atoms with Crippen LogP contribution in [0.15, 0.2) is 28.0 Å². The SMILES string of the molecule is CCN1CCN(c2nc3ccc(C)cn3c(=O)c2C=C2SC(=S)N(C3CCCC3)C2=O)CC1. The van der Waals surface area contributed by atoms with Gasteiger partial charge in [-0.15, -0.1) is 0 Å². The molecule has 174 valence electrons. The zero-order chi connectivity index (χ0) is 23.1. The third-order valence-corrected chi connectivity index (χ3v) is 8.22. The van der Waals surface area contributed by atoms with Crippen LogP contribution in [0.5, 0.6) is 0 Å². The molecule has 0 radical (unpaired) electrons. The summed E-state index contributed by atoms with van der Waals surface area (Å²) in [5.41, 5.74) is 1.92. The van der Waals surface area contributed by atoms with Gasteiger partial charge in [0.05, 0.1) is 10.5 Å². The van der Waals surface area contributed by atoms with Gasteiger partial charge >= 0.3 is 0 Å². The van der Waals surface area contributed by atoms with E-state index in [1.807, 2.05) is 25.3 Å². The zero-order valence-electron chi connectivity index (χ0n) is 19.1. The Kier molecular flexibility index (Phi) is 6.28. The predicted molar refractivity (Wildman–Crippen MR) is 138 cm³/mol. The number of fused-ring (bicyclic) bond motifs is 1. The number of carbonyl (C=O) groups is 1. The van der Waals surface area contributed by atoms with Gasteiger partial charge in [-0.3, -0.25) is 18.9 Å². The molecule has 1 saturated carbocycles. The molecule has 1 aliphatic carbocycles. The van der Waals surface area contributed by atoms with Crippen molar-refractivity contribution in [2.24, 2.45) is 0 Å². The van der Waals surface area contributed by atoms with E-state index in [0.717, 1.165) is 64.0 Å². The Labute approximate surface area is 203 Å². The van der Waals surface area contributed by atoms with Gasteiger partial charge in [0, 0.05) is 38.4 Å². The van der Waals surface area contributed by atoms with Gasteiger partial charge in [-0.25, -0.2) is 4.98 Å². The lowest BCUT2D eigenvalue weighted by molar-refractivity contribution is -0.123. The van der Waals surface area contributed by atoms with Gasteiger partial charge in [0.15, 0.2) is 0 Å². The lowest BCUT2D eigenvalue weighted by atomic mass is 10.2. The summed E-state index contributed by atoms with van der Waals surface area (Å²) in [7, 11) is 0. The number of anilines is 1. The molecule has 4 heterocycles. The predicted octanol–water partition coefficient (Wildman–Crippen LogP) is 3.29. The van der Waals surface area contributed by atoms with Crippen LogP contribution in [0.3, 0.4) is 0 Å². The quantitative estimate of drug-likeness (QED) is 0.489. The zero-order valence-corrected chi connectivity index (χ0v) is 20.8. The van der Waals surface area contributed by atoms with Crippen molar-refractivity contribution in [1.82, 2.24) is 19.2 Å². The first-order valence-corrected chi connectivity index (χ1v) is 13.0. The van der Waals surface area contributed by atoms with Crippen molar-refractivity contribution in [3.05, 3.63) is 44.7 Å². The first-order valence-electron chi connectivity index (χ1n) is 11.7. The summed E-state index contributed by atoms with van der Waals surface area (Å²) in [6.45, 7) is 8.58. The number of hydrogen-bond acceptors (Lipinski definition) is 7. The number of thioether (sulfide) groups is 1. The van der Waals surface area contributed by atoms with Crippen LogP contribution in [0.2, 0.25) is 0 Å². The molecular weight excluding hydrogens is 454 g/mol. The van der Waals surface area contributed by atoms with Crippen LogP contribution >= 0.6 is 24.0 Å². The average molecular weight is 484 g/mol. The molecule has 1 amide bonds. The minimum atomic E-state index is -0.150. The molecule has 3 fully saturated rings. The van der Waals surface area contributed by atoms with Crippen LogP contribution in [0, 0.1) is 6.92 Å². The summed E-state index contributed by atoms with van der Waals surface area (Å²) < 4.78 is 2.19. The van der Waals surface area contributed by atoms with E-state index in [9.17, 15) is 9.59 Å². The Hall–Kier alpha value is -2.23. The van der Waals surface area contributed by atoms with Crippen molar-refractivity contribution in [2.45, 2.75) is 45.6 Å². The van der Waals surface area contributed by atoms with Crippen molar-refractivity contribution >= 4 is 51.7 Å². The van der Waals surface area contributed by atoms with Crippen molar-refractivity contribution in [2.75, 3.05) is 37.6 Å². The monoisotopic (exact) mass is 483 g/mol. The highest BCUT2D eigenvalue weighted by Gasteiger charge is 2.38. The van der Waals surface area contributed by atoms with Crippen molar-refractivity contribution in [3.8, 4) is 0 Å². The standard InChI is InChI=1S/C24H29N5O2S2/c1-3-26-10-12-27(13-11-26)21-18(22(30)28-15-16(2)8-9-20(28)25-21)14-19-23(31)29(24(32)33-19)17-6-4-5-7-17/h8-9,14-15,17H,3-7,10-13H2,1-2H3. The molecule has 2 aliphatic heterocycles. The fraction of sp³-hybridized carbons (Fsp3) is 0.500. The van der Waals surface area contributed by atoms with Gasteiger partial charge in [0.2, 0.25) is 0 Å². The van der Waals surface area contributed by atoms with E-state index in [4.69, 9.17) is 17.2 Å². The number of carbonyl (C=O) groups excluding carboxylic acids is 1. The fourth-order valence-electron chi connectivity index (χ4n) is 4.98. The third kappa shape index (κ3) is 4.22. The number of amides is 1. The first kappa shape index (κ1) is 22.6. The fourth-order valence-corrected chi connectivity index (χ4v) is 6.36. The van der Waals surface area contributed by atoms with Crippen LogP contribution in [0.4, 0.5) is 5.82 Å². The van der Waals surface area contributed by atoms with Gasteiger partial charge in [-0.1, -0.05) is 49.8 Å². The van der Waals surface area contributed by atoms with Gasteiger partial charge in [-0.05, 0) is 44.0 Å². The molecule has 2 saturated heterocycles. The maximum atomic E-state index is 13.7. The highest BCUT2D eigenvalue weighted by Crippen LogP contribution is 2.38. The Bertz CT molecular complexity index is 1190. The highest BCUT2D eigenvalue weighted by atomic mass is 32.2. The Morgan fingerprint density at radius 3 is 2.58 bits per heavy atom. The molecule has 33 heavy (non-hydrogen) atoms. The van der Waals surface area contributed by atoms with Crippen LogP contribution in [-0.4, -0.2) is 68.2 Å². The topological polar surface area (TPSA) is 61.2 Å². The molecule has 0 spiro atoms. The number of pyridine rings is 1. The van der Waals surface area contributed by atoms with Crippen molar-refractivity contribution in [3.63, 3.8) is 0 Å². The van der Waals surface area contributed by atoms with E-state index in [-0.39, 0.29) is 17.5 Å². The number of piperazine rings is 1. The van der Waals surface area contributed by atoms with E-state index in [2.05, 4.69) is 16.7 Å². The Morgan fingerprint density at radius 2 is 1.88 bits per heavy atom. The van der Waals surface area contributed by atoms with Gasteiger partial charge in [0.25, 0.3) is 11.5 Å². The van der Waals surface area contributed by atoms with Gasteiger partial charge in [-0.2, -0.15) is 0 Å². The molecule has 0 unspecified atom stereocenters. The maximum Gasteiger partial charge on any atom is 0.267 e. The van der Waals surface area contributed by atoms with E-state index in [1.54, 1.807) is 15.4 Å².